The van der Waals surface area contributed by atoms with E-state index in [0.717, 1.165) is 22.0 Å². The maximum Gasteiger partial charge on any atom is 0.155 e. The third kappa shape index (κ3) is 7.03. The number of pyridine rings is 1. The van der Waals surface area contributed by atoms with E-state index >= 15 is 0 Å². The predicted molar refractivity (Wildman–Crippen MR) is 191 cm³/mol. The number of aromatic nitrogens is 1. The summed E-state index contributed by atoms with van der Waals surface area (Å²) in [6.45, 7) is 7.34. The van der Waals surface area contributed by atoms with Crippen LogP contribution < -0.4 is 0 Å². The Morgan fingerprint density at radius 1 is 0.804 bits per heavy atom. The van der Waals surface area contributed by atoms with E-state index in [4.69, 9.17) is 10.1 Å². The molecule has 0 aliphatic carbocycles. The van der Waals surface area contributed by atoms with E-state index in [-0.39, 0.29) is 31.6 Å². The molecule has 0 aliphatic rings. The van der Waals surface area contributed by atoms with Crippen molar-refractivity contribution in [2.24, 2.45) is 0 Å². The van der Waals surface area contributed by atoms with E-state index in [1.807, 2.05) is 17.5 Å². The van der Waals surface area contributed by atoms with Crippen molar-refractivity contribution in [1.82, 2.24) is 4.98 Å². The Balaban J connectivity index is 0.000000471. The maximum atomic E-state index is 10.0. The van der Waals surface area contributed by atoms with E-state index in [1.165, 1.54) is 67.9 Å². The number of nitrogens with zero attached hydrogens (tertiary/aromatic N) is 1. The summed E-state index contributed by atoms with van der Waals surface area (Å²) in [5, 5.41) is 14.4. The molecule has 7 rings (SSSR count). The largest absolute Gasteiger partial charge is 0.512 e. The minimum Gasteiger partial charge on any atom is -0.512 e. The molecule has 0 atom stereocenters. The molecule has 0 spiro atoms. The zero-order valence-corrected chi connectivity index (χ0v) is 29.4. The molecule has 0 unspecified atom stereocenters. The molecular weight excluding hydrogens is 763 g/mol. The Hall–Kier alpha value is -4.41. The molecule has 0 saturated carbocycles. The molecule has 2 heterocycles. The normalized spacial score (nSPS) is 11.4. The van der Waals surface area contributed by atoms with Gasteiger partial charge in [-0.15, -0.1) is 23.6 Å². The number of ketones is 1. The number of rotatable bonds is 5. The van der Waals surface area contributed by atoms with Crippen LogP contribution in [0, 0.1) is 6.07 Å². The van der Waals surface area contributed by atoms with Crippen LogP contribution in [-0.2, 0) is 24.9 Å². The predicted octanol–water partition coefficient (Wildman–Crippen LogP) is 11.6. The number of aliphatic hydroxyl groups excluding tert-OH is 1. The number of thiophene rings is 1. The number of carbonyl (C=O) groups is 1. The Labute approximate surface area is 287 Å². The van der Waals surface area contributed by atoms with Gasteiger partial charge in [0.15, 0.2) is 5.78 Å². The van der Waals surface area contributed by atoms with E-state index in [2.05, 4.69) is 129 Å². The monoisotopic (exact) mass is 797 g/mol. The molecular formula is C41H34IrNO2S-. The van der Waals surface area contributed by atoms with Gasteiger partial charge in [0.25, 0.3) is 0 Å². The molecule has 0 aliphatic heterocycles. The van der Waals surface area contributed by atoms with Crippen LogP contribution in [0.5, 0.6) is 0 Å². The molecule has 7 aromatic rings. The Kier molecular flexibility index (Phi) is 10.3. The molecule has 3 nitrogen and oxygen atoms in total. The third-order valence-electron chi connectivity index (χ3n) is 7.80. The summed E-state index contributed by atoms with van der Waals surface area (Å²) in [6, 6.07) is 43.1. The van der Waals surface area contributed by atoms with Gasteiger partial charge in [0.1, 0.15) is 0 Å². The van der Waals surface area contributed by atoms with Gasteiger partial charge >= 0.3 is 0 Å². The van der Waals surface area contributed by atoms with Crippen molar-refractivity contribution in [2.45, 2.75) is 33.6 Å². The summed E-state index contributed by atoms with van der Waals surface area (Å²) >= 11 is 1.83. The van der Waals surface area contributed by atoms with Crippen LogP contribution in [0.25, 0.3) is 64.5 Å². The molecule has 0 bridgehead atoms. The summed E-state index contributed by atoms with van der Waals surface area (Å²) in [5.41, 5.74) is 7.03. The van der Waals surface area contributed by atoms with Crippen LogP contribution in [0.4, 0.5) is 0 Å². The van der Waals surface area contributed by atoms with E-state index in [0.29, 0.717) is 5.92 Å². The first kappa shape index (κ1) is 33.0. The molecule has 0 saturated heterocycles. The summed E-state index contributed by atoms with van der Waals surface area (Å²) in [4.78, 5) is 16.2. The van der Waals surface area contributed by atoms with E-state index < -0.39 is 0 Å². The van der Waals surface area contributed by atoms with Gasteiger partial charge in [-0.3, -0.25) is 9.78 Å². The van der Waals surface area contributed by atoms with Gasteiger partial charge in [-0.1, -0.05) is 116 Å². The number of allylic oxidation sites excluding steroid dienone is 2. The van der Waals surface area contributed by atoms with Crippen LogP contribution in [-0.4, -0.2) is 15.9 Å². The van der Waals surface area contributed by atoms with Gasteiger partial charge in [-0.25, -0.2) is 0 Å². The van der Waals surface area contributed by atoms with Gasteiger partial charge in [0, 0.05) is 38.1 Å². The second kappa shape index (κ2) is 14.3. The Morgan fingerprint density at radius 3 is 2.11 bits per heavy atom. The van der Waals surface area contributed by atoms with Crippen molar-refractivity contribution < 1.29 is 30.0 Å². The first-order valence-electron chi connectivity index (χ1n) is 15.1. The standard InChI is InChI=1S/C36H26NS.C5H8O2.Ir/c1-23(2)26-13-15-30-27(19-26)14-16-32-31(30)17-18-37-35(32)28-20-29-22-34(25-11-7-4-8-12-25)38-36(29)33(21-28)24-9-5-3-6-10-24;1-4(6)3-5(2)7;/h3-19,21-23H,1-2H3;3,6H,1-2H3;/q-1;;/b;4-3-;. The summed E-state index contributed by atoms with van der Waals surface area (Å²) in [7, 11) is 0. The average molecular weight is 797 g/mol. The van der Waals surface area contributed by atoms with E-state index in [9.17, 15) is 4.79 Å². The molecule has 1 N–H and O–H groups in total. The maximum absolute atomic E-state index is 10.0. The van der Waals surface area contributed by atoms with Crippen molar-refractivity contribution in [2.75, 3.05) is 0 Å². The molecule has 0 fully saturated rings. The summed E-state index contributed by atoms with van der Waals surface area (Å²) in [5.74, 6) is 0.444. The van der Waals surface area contributed by atoms with Gasteiger partial charge < -0.3 is 5.11 Å². The number of aliphatic hydroxyl groups is 1. The SMILES string of the molecule is CC(=O)/C=C(/C)O.CC(C)c1ccc2c(ccc3c(-c4[c-]c5cc(-c6ccccc6)sc5c(-c5ccccc5)c4)nccc32)c1.[Ir]. The molecule has 2 aromatic heterocycles. The van der Waals surface area contributed by atoms with Gasteiger partial charge in [-0.05, 0) is 73.6 Å². The number of hydrogen-bond acceptors (Lipinski definition) is 4. The zero-order valence-electron chi connectivity index (χ0n) is 26.2. The van der Waals surface area contributed by atoms with Crippen LogP contribution in [0.2, 0.25) is 0 Å². The smallest absolute Gasteiger partial charge is 0.155 e. The van der Waals surface area contributed by atoms with Crippen molar-refractivity contribution in [3.8, 4) is 32.8 Å². The summed E-state index contributed by atoms with van der Waals surface area (Å²) < 4.78 is 1.26. The van der Waals surface area contributed by atoms with Crippen LogP contribution >= 0.6 is 11.3 Å². The first-order valence-corrected chi connectivity index (χ1v) is 15.9. The van der Waals surface area contributed by atoms with Gasteiger partial charge in [-0.2, -0.15) is 11.3 Å². The Bertz CT molecular complexity index is 2180. The fourth-order valence-corrected chi connectivity index (χ4v) is 6.82. The number of benzene rings is 5. The molecule has 231 valence electrons. The Morgan fingerprint density at radius 2 is 1.48 bits per heavy atom. The van der Waals surface area contributed by atoms with Crippen LogP contribution in [0.3, 0.4) is 0 Å². The second-order valence-corrected chi connectivity index (χ2v) is 12.6. The number of carbonyl (C=O) groups excluding carboxylic acids is 1. The minimum atomic E-state index is -0.125. The molecule has 5 heteroatoms. The minimum absolute atomic E-state index is 0. The van der Waals surface area contributed by atoms with Crippen LogP contribution in [0.15, 0.2) is 127 Å². The fourth-order valence-electron chi connectivity index (χ4n) is 5.66. The first-order chi connectivity index (χ1) is 21.8. The fraction of sp³-hybridized carbons (Fsp3) is 0.122. The van der Waals surface area contributed by atoms with E-state index in [1.54, 1.807) is 0 Å². The number of fused-ring (bicyclic) bond motifs is 4. The average Bonchev–Trinajstić information content (AvgIpc) is 3.48. The molecule has 46 heavy (non-hydrogen) atoms. The molecule has 1 radical (unpaired) electrons. The van der Waals surface area contributed by atoms with Crippen molar-refractivity contribution in [3.05, 3.63) is 139 Å². The van der Waals surface area contributed by atoms with Crippen LogP contribution in [0.1, 0.15) is 39.2 Å². The van der Waals surface area contributed by atoms with Crippen molar-refractivity contribution in [1.29, 1.82) is 0 Å². The molecule has 0 amide bonds. The van der Waals surface area contributed by atoms with Crippen molar-refractivity contribution >= 4 is 48.8 Å². The van der Waals surface area contributed by atoms with Crippen molar-refractivity contribution in [3.63, 3.8) is 0 Å². The topological polar surface area (TPSA) is 50.2 Å². The summed E-state index contributed by atoms with van der Waals surface area (Å²) in [6.07, 6.45) is 3.11. The molecule has 5 aromatic carbocycles. The second-order valence-electron chi connectivity index (χ2n) is 11.5. The van der Waals surface area contributed by atoms with Gasteiger partial charge in [0.2, 0.25) is 0 Å². The zero-order chi connectivity index (χ0) is 31.5. The third-order valence-corrected chi connectivity index (χ3v) is 9.01. The number of hydrogen-bond donors (Lipinski definition) is 1. The quantitative estimate of drug-likeness (QED) is 0.0817. The van der Waals surface area contributed by atoms with Gasteiger partial charge in [0.05, 0.1) is 5.76 Å².